The molecule has 0 radical (unpaired) electrons. The lowest BCUT2D eigenvalue weighted by molar-refractivity contribution is -0.134. The first-order valence-corrected chi connectivity index (χ1v) is 7.35. The highest BCUT2D eigenvalue weighted by Gasteiger charge is 2.17. The van der Waals surface area contributed by atoms with E-state index in [9.17, 15) is 14.4 Å². The van der Waals surface area contributed by atoms with Gasteiger partial charge in [0.2, 0.25) is 0 Å². The molecule has 5 heteroatoms. The maximum atomic E-state index is 12.6. The molecule has 1 amide bonds. The molecule has 0 fully saturated rings. The van der Waals surface area contributed by atoms with Crippen LogP contribution in [0.2, 0.25) is 0 Å². The number of carbonyl (C=O) groups is 3. The Morgan fingerprint density at radius 3 is 2.25 bits per heavy atom. The predicted molar refractivity (Wildman–Crippen MR) is 89.8 cm³/mol. The largest absolute Gasteiger partial charge is 0.466 e. The van der Waals surface area contributed by atoms with Crippen LogP contribution in [0.5, 0.6) is 0 Å². The molecule has 0 heterocycles. The van der Waals surface area contributed by atoms with Crippen molar-refractivity contribution in [2.45, 2.75) is 0 Å². The van der Waals surface area contributed by atoms with E-state index < -0.39 is 5.97 Å². The quantitative estimate of drug-likeness (QED) is 0.503. The van der Waals surface area contributed by atoms with E-state index in [2.05, 4.69) is 10.1 Å². The monoisotopic (exact) mass is 323 g/mol. The summed E-state index contributed by atoms with van der Waals surface area (Å²) in [6.07, 6.45) is 2.70. The summed E-state index contributed by atoms with van der Waals surface area (Å²) >= 11 is 0. The van der Waals surface area contributed by atoms with Gasteiger partial charge in [0.15, 0.2) is 5.78 Å². The number of hydrogen-bond acceptors (Lipinski definition) is 4. The Hall–Kier alpha value is -3.21. The van der Waals surface area contributed by atoms with Gasteiger partial charge in [0, 0.05) is 23.7 Å². The van der Waals surface area contributed by atoms with Gasteiger partial charge in [-0.15, -0.1) is 0 Å². The van der Waals surface area contributed by atoms with Crippen molar-refractivity contribution < 1.29 is 19.1 Å². The minimum absolute atomic E-state index is 0.155. The van der Waals surface area contributed by atoms with Crippen LogP contribution in [0.25, 0.3) is 0 Å². The SMILES string of the molecule is COC(=O)/C=C/CNC(=O)c1ccccc1C(=O)c1ccccc1. The minimum Gasteiger partial charge on any atom is -0.466 e. The van der Waals surface area contributed by atoms with Gasteiger partial charge in [-0.3, -0.25) is 9.59 Å². The highest BCUT2D eigenvalue weighted by atomic mass is 16.5. The molecular weight excluding hydrogens is 306 g/mol. The van der Waals surface area contributed by atoms with E-state index in [0.29, 0.717) is 11.1 Å². The van der Waals surface area contributed by atoms with Crippen LogP contribution in [-0.2, 0) is 9.53 Å². The van der Waals surface area contributed by atoms with E-state index >= 15 is 0 Å². The Balaban J connectivity index is 2.14. The van der Waals surface area contributed by atoms with E-state index in [1.165, 1.54) is 19.3 Å². The van der Waals surface area contributed by atoms with Gasteiger partial charge in [0.05, 0.1) is 12.7 Å². The Bertz CT molecular complexity index is 766. The molecular formula is C19H17NO4. The first kappa shape index (κ1) is 17.1. The van der Waals surface area contributed by atoms with E-state index in [-0.39, 0.29) is 23.8 Å². The number of benzene rings is 2. The van der Waals surface area contributed by atoms with E-state index in [0.717, 1.165) is 0 Å². The Morgan fingerprint density at radius 1 is 0.958 bits per heavy atom. The van der Waals surface area contributed by atoms with Crippen LogP contribution in [0, 0.1) is 0 Å². The van der Waals surface area contributed by atoms with Gasteiger partial charge in [-0.1, -0.05) is 54.6 Å². The summed E-state index contributed by atoms with van der Waals surface area (Å²) in [6.45, 7) is 0.155. The second-order valence-corrected chi connectivity index (χ2v) is 4.88. The first-order valence-electron chi connectivity index (χ1n) is 7.35. The van der Waals surface area contributed by atoms with Crippen molar-refractivity contribution in [3.05, 3.63) is 83.4 Å². The normalized spacial score (nSPS) is 10.4. The zero-order chi connectivity index (χ0) is 17.4. The number of ketones is 1. The van der Waals surface area contributed by atoms with Gasteiger partial charge in [0.25, 0.3) is 5.91 Å². The molecule has 122 valence electrons. The molecule has 2 aromatic carbocycles. The number of nitrogens with one attached hydrogen (secondary N) is 1. The third kappa shape index (κ3) is 4.39. The standard InChI is InChI=1S/C19H17NO4/c1-24-17(21)12-7-13-20-19(23)16-11-6-5-10-15(16)18(22)14-8-3-2-4-9-14/h2-12H,13H2,1H3,(H,20,23)/b12-7+. The molecule has 0 unspecified atom stereocenters. The molecule has 0 atom stereocenters. The molecule has 2 aromatic rings. The molecule has 0 saturated heterocycles. The van der Waals surface area contributed by atoms with Crippen molar-refractivity contribution in [3.8, 4) is 0 Å². The summed E-state index contributed by atoms with van der Waals surface area (Å²) in [5.41, 5.74) is 1.14. The smallest absolute Gasteiger partial charge is 0.330 e. The maximum absolute atomic E-state index is 12.6. The van der Waals surface area contributed by atoms with Gasteiger partial charge < -0.3 is 10.1 Å². The average Bonchev–Trinajstić information content (AvgIpc) is 2.64. The number of carbonyl (C=O) groups excluding carboxylic acids is 3. The van der Waals surface area contributed by atoms with Crippen LogP contribution < -0.4 is 5.32 Å². The van der Waals surface area contributed by atoms with Gasteiger partial charge in [-0.2, -0.15) is 0 Å². The highest BCUT2D eigenvalue weighted by molar-refractivity contribution is 6.15. The van der Waals surface area contributed by atoms with Crippen LogP contribution in [-0.4, -0.2) is 31.3 Å². The summed E-state index contributed by atoms with van der Waals surface area (Å²) in [6, 6.07) is 15.4. The van der Waals surface area contributed by atoms with Crippen molar-refractivity contribution in [3.63, 3.8) is 0 Å². The molecule has 0 saturated carbocycles. The van der Waals surface area contributed by atoms with E-state index in [1.807, 2.05) is 6.07 Å². The van der Waals surface area contributed by atoms with Gasteiger partial charge >= 0.3 is 5.97 Å². The molecule has 5 nitrogen and oxygen atoms in total. The van der Waals surface area contributed by atoms with Gasteiger partial charge in [0.1, 0.15) is 0 Å². The second-order valence-electron chi connectivity index (χ2n) is 4.88. The van der Waals surface area contributed by atoms with Gasteiger partial charge in [-0.25, -0.2) is 4.79 Å². The lowest BCUT2D eigenvalue weighted by atomic mass is 9.98. The number of rotatable bonds is 6. The summed E-state index contributed by atoms with van der Waals surface area (Å²) in [4.78, 5) is 35.8. The third-order valence-electron chi connectivity index (χ3n) is 3.29. The number of methoxy groups -OCH3 is 1. The molecule has 0 spiro atoms. The first-order chi connectivity index (χ1) is 11.6. The summed E-state index contributed by atoms with van der Waals surface area (Å²) in [5, 5.41) is 2.64. The van der Waals surface area contributed by atoms with Crippen LogP contribution in [0.1, 0.15) is 26.3 Å². The lowest BCUT2D eigenvalue weighted by Crippen LogP contribution is -2.25. The fraction of sp³-hybridized carbons (Fsp3) is 0.105. The molecule has 0 aliphatic rings. The number of ether oxygens (including phenoxy) is 1. The lowest BCUT2D eigenvalue weighted by Gasteiger charge is -2.08. The van der Waals surface area contributed by atoms with Crippen molar-refractivity contribution in [1.82, 2.24) is 5.32 Å². The molecule has 0 aromatic heterocycles. The molecule has 0 aliphatic heterocycles. The molecule has 2 rings (SSSR count). The molecule has 0 bridgehead atoms. The zero-order valence-electron chi connectivity index (χ0n) is 13.2. The van der Waals surface area contributed by atoms with Crippen molar-refractivity contribution >= 4 is 17.7 Å². The summed E-state index contributed by atoms with van der Waals surface area (Å²) < 4.78 is 4.46. The number of esters is 1. The van der Waals surface area contributed by atoms with Crippen molar-refractivity contribution in [2.75, 3.05) is 13.7 Å². The highest BCUT2D eigenvalue weighted by Crippen LogP contribution is 2.14. The topological polar surface area (TPSA) is 72.5 Å². The summed E-state index contributed by atoms with van der Waals surface area (Å²) in [7, 11) is 1.27. The Kier molecular flexibility index (Phi) is 6.02. The Labute approximate surface area is 140 Å². The average molecular weight is 323 g/mol. The van der Waals surface area contributed by atoms with Crippen molar-refractivity contribution in [1.29, 1.82) is 0 Å². The number of hydrogen-bond donors (Lipinski definition) is 1. The van der Waals surface area contributed by atoms with Crippen molar-refractivity contribution in [2.24, 2.45) is 0 Å². The second kappa shape index (κ2) is 8.43. The predicted octanol–water partition coefficient (Wildman–Crippen LogP) is 2.38. The zero-order valence-corrected chi connectivity index (χ0v) is 13.2. The van der Waals surface area contributed by atoms with Crippen LogP contribution >= 0.6 is 0 Å². The Morgan fingerprint density at radius 2 is 1.58 bits per heavy atom. The third-order valence-corrected chi connectivity index (χ3v) is 3.29. The van der Waals surface area contributed by atoms with E-state index in [1.54, 1.807) is 48.5 Å². The molecule has 1 N–H and O–H groups in total. The van der Waals surface area contributed by atoms with Crippen LogP contribution in [0.15, 0.2) is 66.7 Å². The van der Waals surface area contributed by atoms with Crippen LogP contribution in [0.3, 0.4) is 0 Å². The molecule has 0 aliphatic carbocycles. The van der Waals surface area contributed by atoms with Crippen LogP contribution in [0.4, 0.5) is 0 Å². The fourth-order valence-electron chi connectivity index (χ4n) is 2.09. The maximum Gasteiger partial charge on any atom is 0.330 e. The number of amides is 1. The molecule has 24 heavy (non-hydrogen) atoms. The van der Waals surface area contributed by atoms with E-state index in [4.69, 9.17) is 0 Å². The minimum atomic E-state index is -0.496. The summed E-state index contributed by atoms with van der Waals surface area (Å²) in [5.74, 6) is -1.10. The van der Waals surface area contributed by atoms with Gasteiger partial charge in [-0.05, 0) is 6.07 Å². The fourth-order valence-corrected chi connectivity index (χ4v) is 2.09.